The van der Waals surface area contributed by atoms with Crippen molar-refractivity contribution in [1.29, 1.82) is 0 Å². The number of nitrogens with one attached hydrogen (secondary N) is 1. The van der Waals surface area contributed by atoms with Crippen molar-refractivity contribution in [2.75, 3.05) is 25.1 Å². The Bertz CT molecular complexity index is 565. The Morgan fingerprint density at radius 2 is 2.38 bits per heavy atom. The second-order valence-corrected chi connectivity index (χ2v) is 6.89. The molecule has 3 rings (SSSR count). The van der Waals surface area contributed by atoms with Crippen molar-refractivity contribution >= 4 is 21.6 Å². The summed E-state index contributed by atoms with van der Waals surface area (Å²) in [5.74, 6) is 0.566. The highest BCUT2D eigenvalue weighted by Gasteiger charge is 2.32. The lowest BCUT2D eigenvalue weighted by Gasteiger charge is -2.26. The van der Waals surface area contributed by atoms with E-state index < -0.39 is 5.60 Å². The summed E-state index contributed by atoms with van der Waals surface area (Å²) < 4.78 is 7.35. The average Bonchev–Trinajstić information content (AvgIpc) is 2.83. The Morgan fingerprint density at radius 3 is 3.00 bits per heavy atom. The zero-order chi connectivity index (χ0) is 14.9. The van der Waals surface area contributed by atoms with Crippen LogP contribution < -0.4 is 10.9 Å². The van der Waals surface area contributed by atoms with Gasteiger partial charge in [0.15, 0.2) is 0 Å². The number of hydrogen-bond donors (Lipinski definition) is 2. The third-order valence-corrected chi connectivity index (χ3v) is 4.93. The Labute approximate surface area is 131 Å². The standard InChI is InChI=1S/C14H20BrN3O3/c15-11-6-17-18(7-10-2-1-3-10)13(19)12(11)16-8-14(20)4-5-21-9-14/h6,10,16,20H,1-5,7-9H2. The van der Waals surface area contributed by atoms with Gasteiger partial charge >= 0.3 is 0 Å². The van der Waals surface area contributed by atoms with Crippen LogP contribution in [0.4, 0.5) is 5.69 Å². The fourth-order valence-electron chi connectivity index (χ4n) is 2.67. The Hall–Kier alpha value is -0.920. The lowest BCUT2D eigenvalue weighted by Crippen LogP contribution is -2.39. The number of hydrogen-bond acceptors (Lipinski definition) is 5. The quantitative estimate of drug-likeness (QED) is 0.832. The van der Waals surface area contributed by atoms with Gasteiger partial charge < -0.3 is 15.2 Å². The van der Waals surface area contributed by atoms with E-state index in [1.165, 1.54) is 23.9 Å². The van der Waals surface area contributed by atoms with Crippen LogP contribution in [0.5, 0.6) is 0 Å². The summed E-state index contributed by atoms with van der Waals surface area (Å²) in [5.41, 5.74) is -0.572. The molecule has 0 radical (unpaired) electrons. The van der Waals surface area contributed by atoms with Gasteiger partial charge in [0.05, 0.1) is 17.3 Å². The Morgan fingerprint density at radius 1 is 1.57 bits per heavy atom. The molecule has 1 atom stereocenters. The van der Waals surface area contributed by atoms with E-state index in [1.54, 1.807) is 6.20 Å². The van der Waals surface area contributed by atoms with E-state index in [9.17, 15) is 9.90 Å². The molecule has 0 aromatic carbocycles. The molecule has 7 heteroatoms. The van der Waals surface area contributed by atoms with E-state index in [0.717, 1.165) is 0 Å². The van der Waals surface area contributed by atoms with Gasteiger partial charge in [-0.1, -0.05) is 6.42 Å². The molecule has 6 nitrogen and oxygen atoms in total. The summed E-state index contributed by atoms with van der Waals surface area (Å²) in [6, 6.07) is 0. The fraction of sp³-hybridized carbons (Fsp3) is 0.714. The predicted octanol–water partition coefficient (Wildman–Crippen LogP) is 1.37. The maximum atomic E-state index is 12.5. The van der Waals surface area contributed by atoms with Gasteiger partial charge in [-0.25, -0.2) is 4.68 Å². The number of rotatable bonds is 5. The van der Waals surface area contributed by atoms with E-state index in [4.69, 9.17) is 4.74 Å². The van der Waals surface area contributed by atoms with E-state index in [2.05, 4.69) is 26.3 Å². The molecule has 1 aliphatic carbocycles. The molecule has 1 aliphatic heterocycles. The lowest BCUT2D eigenvalue weighted by atomic mass is 9.85. The molecule has 1 saturated heterocycles. The lowest BCUT2D eigenvalue weighted by molar-refractivity contribution is 0.0381. The van der Waals surface area contributed by atoms with E-state index in [-0.39, 0.29) is 5.56 Å². The van der Waals surface area contributed by atoms with Gasteiger partial charge in [-0.3, -0.25) is 4.79 Å². The highest BCUT2D eigenvalue weighted by molar-refractivity contribution is 9.10. The van der Waals surface area contributed by atoms with Gasteiger partial charge in [0.1, 0.15) is 11.3 Å². The molecular formula is C14H20BrN3O3. The Kier molecular flexibility index (Phi) is 4.33. The molecule has 0 spiro atoms. The highest BCUT2D eigenvalue weighted by atomic mass is 79.9. The first-order valence-electron chi connectivity index (χ1n) is 7.37. The normalized spacial score (nSPS) is 25.8. The van der Waals surface area contributed by atoms with Crippen molar-refractivity contribution in [2.24, 2.45) is 5.92 Å². The monoisotopic (exact) mass is 357 g/mol. The highest BCUT2D eigenvalue weighted by Crippen LogP contribution is 2.27. The van der Waals surface area contributed by atoms with Crippen LogP contribution >= 0.6 is 15.9 Å². The maximum absolute atomic E-state index is 12.5. The minimum Gasteiger partial charge on any atom is -0.386 e. The van der Waals surface area contributed by atoms with Crippen molar-refractivity contribution in [3.05, 3.63) is 21.0 Å². The average molecular weight is 358 g/mol. The van der Waals surface area contributed by atoms with E-state index in [1.807, 2.05) is 0 Å². The number of anilines is 1. The van der Waals surface area contributed by atoms with Crippen LogP contribution in [0.3, 0.4) is 0 Å². The predicted molar refractivity (Wildman–Crippen MR) is 82.4 cm³/mol. The third kappa shape index (κ3) is 3.30. The second-order valence-electron chi connectivity index (χ2n) is 6.03. The first-order chi connectivity index (χ1) is 10.1. The third-order valence-electron chi connectivity index (χ3n) is 4.33. The summed E-state index contributed by atoms with van der Waals surface area (Å²) in [5, 5.41) is 17.5. The molecule has 2 fully saturated rings. The van der Waals surface area contributed by atoms with Crippen molar-refractivity contribution in [1.82, 2.24) is 9.78 Å². The van der Waals surface area contributed by atoms with Crippen LogP contribution in [0, 0.1) is 5.92 Å². The minimum absolute atomic E-state index is 0.140. The first-order valence-corrected chi connectivity index (χ1v) is 8.16. The molecule has 116 valence electrons. The summed E-state index contributed by atoms with van der Waals surface area (Å²) >= 11 is 3.35. The molecule has 2 heterocycles. The zero-order valence-corrected chi connectivity index (χ0v) is 13.4. The summed E-state index contributed by atoms with van der Waals surface area (Å²) in [6.07, 6.45) is 5.80. The van der Waals surface area contributed by atoms with Crippen LogP contribution in [0.2, 0.25) is 0 Å². The molecule has 0 amide bonds. The minimum atomic E-state index is -0.895. The smallest absolute Gasteiger partial charge is 0.291 e. The SMILES string of the molecule is O=c1c(NCC2(O)CCOC2)c(Br)cnn1CC1CCC1. The summed E-state index contributed by atoms with van der Waals surface area (Å²) in [6.45, 7) is 1.84. The van der Waals surface area contributed by atoms with Crippen molar-refractivity contribution in [3.63, 3.8) is 0 Å². The maximum Gasteiger partial charge on any atom is 0.291 e. The van der Waals surface area contributed by atoms with Gasteiger partial charge in [-0.15, -0.1) is 0 Å². The summed E-state index contributed by atoms with van der Waals surface area (Å²) in [7, 11) is 0. The number of ether oxygens (including phenoxy) is 1. The van der Waals surface area contributed by atoms with Gasteiger partial charge in [0.2, 0.25) is 0 Å². The molecule has 2 N–H and O–H groups in total. The molecule has 0 bridgehead atoms. The van der Waals surface area contributed by atoms with Crippen LogP contribution in [-0.2, 0) is 11.3 Å². The zero-order valence-electron chi connectivity index (χ0n) is 11.8. The number of aliphatic hydroxyl groups is 1. The van der Waals surface area contributed by atoms with Crippen LogP contribution in [-0.4, -0.2) is 40.2 Å². The molecule has 21 heavy (non-hydrogen) atoms. The van der Waals surface area contributed by atoms with E-state index >= 15 is 0 Å². The second kappa shape index (κ2) is 6.06. The number of halogens is 1. The van der Waals surface area contributed by atoms with Gasteiger partial charge in [-0.2, -0.15) is 5.10 Å². The van der Waals surface area contributed by atoms with Gasteiger partial charge in [0, 0.05) is 26.1 Å². The van der Waals surface area contributed by atoms with Gasteiger partial charge in [-0.05, 0) is 34.7 Å². The van der Waals surface area contributed by atoms with Crippen molar-refractivity contribution < 1.29 is 9.84 Å². The number of nitrogens with zero attached hydrogens (tertiary/aromatic N) is 2. The van der Waals surface area contributed by atoms with Gasteiger partial charge in [0.25, 0.3) is 5.56 Å². The van der Waals surface area contributed by atoms with Crippen LogP contribution in [0.1, 0.15) is 25.7 Å². The van der Waals surface area contributed by atoms with E-state index in [0.29, 0.717) is 48.8 Å². The summed E-state index contributed by atoms with van der Waals surface area (Å²) in [4.78, 5) is 12.5. The largest absolute Gasteiger partial charge is 0.386 e. The molecule has 2 aliphatic rings. The first kappa shape index (κ1) is 15.0. The number of aromatic nitrogens is 2. The van der Waals surface area contributed by atoms with Crippen molar-refractivity contribution in [2.45, 2.75) is 37.8 Å². The molecule has 1 aromatic heterocycles. The fourth-order valence-corrected chi connectivity index (χ4v) is 3.07. The Balaban J connectivity index is 1.73. The molecular weight excluding hydrogens is 338 g/mol. The van der Waals surface area contributed by atoms with Crippen molar-refractivity contribution in [3.8, 4) is 0 Å². The van der Waals surface area contributed by atoms with Crippen LogP contribution in [0.15, 0.2) is 15.5 Å². The molecule has 1 unspecified atom stereocenters. The van der Waals surface area contributed by atoms with Crippen LogP contribution in [0.25, 0.3) is 0 Å². The molecule has 1 aromatic rings. The topological polar surface area (TPSA) is 76.4 Å². The molecule has 1 saturated carbocycles.